The van der Waals surface area contributed by atoms with Crippen molar-refractivity contribution >= 4 is 17.7 Å². The van der Waals surface area contributed by atoms with Crippen molar-refractivity contribution in [2.75, 3.05) is 39.9 Å². The van der Waals surface area contributed by atoms with Crippen molar-refractivity contribution in [3.63, 3.8) is 0 Å². The number of carbonyl (C=O) groups is 3. The summed E-state index contributed by atoms with van der Waals surface area (Å²) in [4.78, 5) is 38.8. The molecule has 4 aliphatic heterocycles. The third kappa shape index (κ3) is 2.93. The molecule has 4 aliphatic rings. The Morgan fingerprint density at radius 3 is 2.42 bits per heavy atom. The Labute approximate surface area is 152 Å². The summed E-state index contributed by atoms with van der Waals surface area (Å²) in [6, 6.07) is 0. The summed E-state index contributed by atoms with van der Waals surface area (Å²) in [6.45, 7) is 2.69. The molecule has 0 saturated carbocycles. The minimum atomic E-state index is -0.377. The van der Waals surface area contributed by atoms with Gasteiger partial charge in [0, 0.05) is 19.1 Å². The van der Waals surface area contributed by atoms with Crippen LogP contribution in [0, 0.1) is 17.3 Å². The summed E-state index contributed by atoms with van der Waals surface area (Å²) >= 11 is 0. The van der Waals surface area contributed by atoms with Crippen molar-refractivity contribution < 1.29 is 23.9 Å². The number of rotatable bonds is 6. The largest absolute Gasteiger partial charge is 0.384 e. The van der Waals surface area contributed by atoms with Gasteiger partial charge in [0.25, 0.3) is 0 Å². The Morgan fingerprint density at radius 1 is 1.23 bits per heavy atom. The van der Waals surface area contributed by atoms with E-state index in [2.05, 4.69) is 10.6 Å². The van der Waals surface area contributed by atoms with Crippen molar-refractivity contribution in [3.8, 4) is 0 Å². The van der Waals surface area contributed by atoms with Crippen LogP contribution < -0.4 is 10.6 Å². The van der Waals surface area contributed by atoms with Crippen LogP contribution >= 0.6 is 0 Å². The molecule has 0 aromatic rings. The van der Waals surface area contributed by atoms with Gasteiger partial charge in [-0.15, -0.1) is 0 Å². The van der Waals surface area contributed by atoms with Gasteiger partial charge in [-0.2, -0.15) is 0 Å². The topological polar surface area (TPSA) is 97.0 Å². The molecule has 144 valence electrons. The molecule has 4 atom stereocenters. The number of likely N-dealkylation sites (tertiary alicyclic amines) is 1. The van der Waals surface area contributed by atoms with Crippen LogP contribution in [0.4, 0.5) is 0 Å². The smallest absolute Gasteiger partial charge is 0.240 e. The number of ether oxygens (including phenoxy) is 2. The number of nitrogens with zero attached hydrogens (tertiary/aromatic N) is 1. The summed E-state index contributed by atoms with van der Waals surface area (Å²) in [5.74, 6) is -1.52. The second-order valence-electron chi connectivity index (χ2n) is 8.06. The molecule has 4 fully saturated rings. The van der Waals surface area contributed by atoms with Crippen LogP contribution in [0.5, 0.6) is 0 Å². The second-order valence-corrected chi connectivity index (χ2v) is 8.06. The maximum absolute atomic E-state index is 12.6. The number of imide groups is 1. The van der Waals surface area contributed by atoms with E-state index in [1.807, 2.05) is 0 Å². The lowest BCUT2D eigenvalue weighted by molar-refractivity contribution is -0.146. The Balaban J connectivity index is 1.35. The van der Waals surface area contributed by atoms with E-state index in [1.165, 1.54) is 0 Å². The first-order chi connectivity index (χ1) is 12.5. The zero-order valence-corrected chi connectivity index (χ0v) is 15.2. The normalized spacial score (nSPS) is 35.0. The zero-order valence-electron chi connectivity index (χ0n) is 15.2. The van der Waals surface area contributed by atoms with Gasteiger partial charge < -0.3 is 20.1 Å². The molecule has 8 nitrogen and oxygen atoms in total. The van der Waals surface area contributed by atoms with Gasteiger partial charge in [-0.25, -0.2) is 0 Å². The molecule has 0 radical (unpaired) electrons. The maximum Gasteiger partial charge on any atom is 0.240 e. The number of piperidine rings is 1. The lowest BCUT2D eigenvalue weighted by Crippen LogP contribution is -2.49. The summed E-state index contributed by atoms with van der Waals surface area (Å²) in [5, 5.41) is 6.24. The maximum atomic E-state index is 12.6. The molecule has 3 amide bonds. The van der Waals surface area contributed by atoms with Gasteiger partial charge in [-0.05, 0) is 38.8 Å². The van der Waals surface area contributed by atoms with E-state index in [0.717, 1.165) is 43.7 Å². The first-order valence-electron chi connectivity index (χ1n) is 9.52. The molecule has 2 N–H and O–H groups in total. The van der Waals surface area contributed by atoms with Gasteiger partial charge in [0.15, 0.2) is 0 Å². The molecule has 0 aromatic heterocycles. The predicted molar refractivity (Wildman–Crippen MR) is 91.0 cm³/mol. The van der Waals surface area contributed by atoms with Crippen LogP contribution in [-0.4, -0.2) is 74.7 Å². The Morgan fingerprint density at radius 2 is 1.85 bits per heavy atom. The van der Waals surface area contributed by atoms with Crippen molar-refractivity contribution in [3.05, 3.63) is 0 Å². The summed E-state index contributed by atoms with van der Waals surface area (Å²) < 4.78 is 11.1. The number of carbonyl (C=O) groups excluding carboxylic acids is 3. The Kier molecular flexibility index (Phi) is 4.75. The van der Waals surface area contributed by atoms with E-state index in [9.17, 15) is 14.4 Å². The van der Waals surface area contributed by atoms with Crippen molar-refractivity contribution in [2.24, 2.45) is 17.3 Å². The lowest BCUT2D eigenvalue weighted by atomic mass is 9.79. The van der Waals surface area contributed by atoms with Crippen LogP contribution in [0.2, 0.25) is 0 Å². The van der Waals surface area contributed by atoms with Gasteiger partial charge in [0.1, 0.15) is 6.54 Å². The molecular formula is C18H27N3O5. The average molecular weight is 365 g/mol. The molecule has 4 heterocycles. The molecule has 4 unspecified atom stereocenters. The van der Waals surface area contributed by atoms with E-state index in [4.69, 9.17) is 9.47 Å². The fraction of sp³-hybridized carbons (Fsp3) is 0.833. The van der Waals surface area contributed by atoms with Gasteiger partial charge in [0.05, 0.1) is 30.7 Å². The number of amides is 3. The lowest BCUT2D eigenvalue weighted by Gasteiger charge is -2.37. The highest BCUT2D eigenvalue weighted by atomic mass is 16.5. The van der Waals surface area contributed by atoms with E-state index in [1.54, 1.807) is 7.11 Å². The van der Waals surface area contributed by atoms with Crippen molar-refractivity contribution in [2.45, 2.75) is 37.9 Å². The number of hydrogen-bond donors (Lipinski definition) is 2. The standard InChI is InChI=1S/C18H27N3O5/c1-25-10-18(4-6-19-7-5-18)9-20-13(22)8-21-16(23)14-11-2-3-12(26-11)15(14)17(21)24/h11-12,14-15,19H,2-10H2,1H3,(H,20,22). The van der Waals surface area contributed by atoms with Gasteiger partial charge in [-0.1, -0.05) is 0 Å². The van der Waals surface area contributed by atoms with Gasteiger partial charge >= 0.3 is 0 Å². The highest BCUT2D eigenvalue weighted by Crippen LogP contribution is 2.48. The molecule has 26 heavy (non-hydrogen) atoms. The fourth-order valence-corrected chi connectivity index (χ4v) is 5.05. The Hall–Kier alpha value is -1.51. The zero-order chi connectivity index (χ0) is 18.3. The van der Waals surface area contributed by atoms with E-state index < -0.39 is 0 Å². The summed E-state index contributed by atoms with van der Waals surface area (Å²) in [6.07, 6.45) is 3.22. The third-order valence-electron chi connectivity index (χ3n) is 6.45. The minimum absolute atomic E-state index is 0.0852. The number of fused-ring (bicyclic) bond motifs is 5. The molecule has 4 saturated heterocycles. The summed E-state index contributed by atoms with van der Waals surface area (Å²) in [5.41, 5.74) is -0.0852. The minimum Gasteiger partial charge on any atom is -0.384 e. The fourth-order valence-electron chi connectivity index (χ4n) is 5.05. The van der Waals surface area contributed by atoms with E-state index in [-0.39, 0.29) is 53.7 Å². The molecular weight excluding hydrogens is 338 g/mol. The quantitative estimate of drug-likeness (QED) is 0.603. The van der Waals surface area contributed by atoms with Crippen molar-refractivity contribution in [1.82, 2.24) is 15.5 Å². The first kappa shape index (κ1) is 17.9. The van der Waals surface area contributed by atoms with E-state index in [0.29, 0.717) is 13.2 Å². The van der Waals surface area contributed by atoms with Gasteiger partial charge in [0.2, 0.25) is 17.7 Å². The van der Waals surface area contributed by atoms with Crippen LogP contribution in [0.1, 0.15) is 25.7 Å². The number of methoxy groups -OCH3 is 1. The summed E-state index contributed by atoms with van der Waals surface area (Å²) in [7, 11) is 1.67. The average Bonchev–Trinajstić information content (AvgIpc) is 3.31. The Bertz CT molecular complexity index is 570. The van der Waals surface area contributed by atoms with Crippen LogP contribution in [0.25, 0.3) is 0 Å². The van der Waals surface area contributed by atoms with Crippen LogP contribution in [0.3, 0.4) is 0 Å². The number of hydrogen-bond acceptors (Lipinski definition) is 6. The molecule has 0 aromatic carbocycles. The SMILES string of the molecule is COCC1(CNC(=O)CN2C(=O)C3C4CCC(O4)C3C2=O)CCNCC1. The van der Waals surface area contributed by atoms with Crippen LogP contribution in [0.15, 0.2) is 0 Å². The molecule has 4 rings (SSSR count). The monoisotopic (exact) mass is 365 g/mol. The second kappa shape index (κ2) is 6.90. The number of nitrogens with one attached hydrogen (secondary N) is 2. The van der Waals surface area contributed by atoms with E-state index >= 15 is 0 Å². The van der Waals surface area contributed by atoms with Crippen molar-refractivity contribution in [1.29, 1.82) is 0 Å². The predicted octanol–water partition coefficient (Wildman–Crippen LogP) is -0.719. The highest BCUT2D eigenvalue weighted by molar-refractivity contribution is 6.08. The highest BCUT2D eigenvalue weighted by Gasteiger charge is 2.62. The first-order valence-corrected chi connectivity index (χ1v) is 9.52. The molecule has 8 heteroatoms. The van der Waals surface area contributed by atoms with Gasteiger partial charge in [-0.3, -0.25) is 19.3 Å². The third-order valence-corrected chi connectivity index (χ3v) is 6.45. The molecule has 0 aliphatic carbocycles. The molecule has 2 bridgehead atoms. The molecule has 0 spiro atoms. The van der Waals surface area contributed by atoms with Crippen LogP contribution in [-0.2, 0) is 23.9 Å².